The van der Waals surface area contributed by atoms with Crippen molar-refractivity contribution in [1.82, 2.24) is 10.2 Å². The Morgan fingerprint density at radius 3 is 1.93 bits per heavy atom. The van der Waals surface area contributed by atoms with E-state index in [1.807, 2.05) is 46.6 Å². The molecule has 1 amide bonds. The molecule has 0 spiro atoms. The molecule has 158 valence electrons. The molecule has 1 aromatic rings. The van der Waals surface area contributed by atoms with E-state index in [2.05, 4.69) is 12.2 Å². The van der Waals surface area contributed by atoms with Crippen molar-refractivity contribution in [3.05, 3.63) is 22.3 Å². The highest BCUT2D eigenvalue weighted by atomic mass is 16.5. The van der Waals surface area contributed by atoms with Gasteiger partial charge in [0.05, 0.1) is 0 Å². The normalized spacial score (nSPS) is 18.1. The first-order valence-corrected chi connectivity index (χ1v) is 10.6. The number of hydrogen-bond donors (Lipinski definition) is 2. The van der Waals surface area contributed by atoms with Crippen LogP contribution < -0.4 is 15.8 Å². The molecular weight excluding hydrogens is 350 g/mol. The van der Waals surface area contributed by atoms with E-state index in [4.69, 9.17) is 10.5 Å². The van der Waals surface area contributed by atoms with Gasteiger partial charge in [-0.05, 0) is 88.7 Å². The molecule has 1 aliphatic carbocycles. The van der Waals surface area contributed by atoms with Gasteiger partial charge in [0.2, 0.25) is 0 Å². The van der Waals surface area contributed by atoms with Crippen molar-refractivity contribution in [3.8, 4) is 5.75 Å². The van der Waals surface area contributed by atoms with E-state index >= 15 is 0 Å². The summed E-state index contributed by atoms with van der Waals surface area (Å²) in [6.45, 7) is 14.0. The van der Waals surface area contributed by atoms with Crippen molar-refractivity contribution in [2.75, 3.05) is 25.9 Å². The number of benzene rings is 1. The number of nitrogens with two attached hydrogens (primary N) is 1. The lowest BCUT2D eigenvalue weighted by molar-refractivity contribution is -0.139. The number of rotatable bonds is 4. The van der Waals surface area contributed by atoms with E-state index in [0.717, 1.165) is 65.5 Å². The highest BCUT2D eigenvalue weighted by Crippen LogP contribution is 2.34. The minimum atomic E-state index is -0.510. The average Bonchev–Trinajstić information content (AvgIpc) is 3.50. The van der Waals surface area contributed by atoms with Crippen LogP contribution in [0.5, 0.6) is 5.75 Å². The zero-order valence-electron chi connectivity index (χ0n) is 18.8. The van der Waals surface area contributed by atoms with Crippen molar-refractivity contribution in [2.24, 2.45) is 5.92 Å². The fourth-order valence-corrected chi connectivity index (χ4v) is 3.54. The van der Waals surface area contributed by atoms with E-state index in [9.17, 15) is 4.79 Å². The number of nitrogens with one attached hydrogen (secondary N) is 1. The second kappa shape index (κ2) is 9.64. The van der Waals surface area contributed by atoms with Gasteiger partial charge in [0, 0.05) is 18.8 Å². The van der Waals surface area contributed by atoms with Crippen molar-refractivity contribution in [2.45, 2.75) is 79.4 Å². The molecule has 1 saturated carbocycles. The third-order valence-electron chi connectivity index (χ3n) is 6.33. The van der Waals surface area contributed by atoms with Crippen LogP contribution in [0.25, 0.3) is 0 Å². The Kier molecular flexibility index (Phi) is 7.76. The SMILES string of the molecule is CC1CC1.Cc1c(C)c(OC(C)C(=O)N(C)C2CCNCC2)c(C)c(C)c1N. The number of carbonyl (C=O) groups excluding carboxylic acids is 1. The molecule has 1 aromatic carbocycles. The largest absolute Gasteiger partial charge is 0.480 e. The summed E-state index contributed by atoms with van der Waals surface area (Å²) in [7, 11) is 1.89. The fraction of sp³-hybridized carbons (Fsp3) is 0.696. The molecule has 0 radical (unpaired) electrons. The molecule has 5 nitrogen and oxygen atoms in total. The zero-order valence-corrected chi connectivity index (χ0v) is 18.8. The molecule has 2 aliphatic rings. The zero-order chi connectivity index (χ0) is 21.0. The quantitative estimate of drug-likeness (QED) is 0.767. The van der Waals surface area contributed by atoms with Crippen LogP contribution in [0.4, 0.5) is 5.69 Å². The summed E-state index contributed by atoms with van der Waals surface area (Å²) >= 11 is 0. The summed E-state index contributed by atoms with van der Waals surface area (Å²) in [5.74, 6) is 1.91. The molecule has 1 aliphatic heterocycles. The summed E-state index contributed by atoms with van der Waals surface area (Å²) in [6.07, 6.45) is 4.45. The Hall–Kier alpha value is -1.75. The molecule has 1 heterocycles. The third-order valence-corrected chi connectivity index (χ3v) is 6.33. The maximum absolute atomic E-state index is 12.8. The topological polar surface area (TPSA) is 67.6 Å². The highest BCUT2D eigenvalue weighted by Gasteiger charge is 2.27. The predicted molar refractivity (Wildman–Crippen MR) is 117 cm³/mol. The van der Waals surface area contributed by atoms with Gasteiger partial charge in [-0.15, -0.1) is 0 Å². The van der Waals surface area contributed by atoms with Crippen molar-refractivity contribution < 1.29 is 9.53 Å². The first-order valence-electron chi connectivity index (χ1n) is 10.6. The Labute approximate surface area is 171 Å². The van der Waals surface area contributed by atoms with Gasteiger partial charge < -0.3 is 20.7 Å². The van der Waals surface area contributed by atoms with Crippen molar-refractivity contribution >= 4 is 11.6 Å². The Morgan fingerprint density at radius 2 is 1.50 bits per heavy atom. The van der Waals surface area contributed by atoms with Gasteiger partial charge in [-0.3, -0.25) is 4.79 Å². The van der Waals surface area contributed by atoms with Crippen LogP contribution in [0.1, 0.15) is 61.8 Å². The predicted octanol–water partition coefficient (Wildman–Crippen LogP) is 3.90. The van der Waals surface area contributed by atoms with Crippen LogP contribution >= 0.6 is 0 Å². The van der Waals surface area contributed by atoms with Gasteiger partial charge in [0.1, 0.15) is 5.75 Å². The minimum Gasteiger partial charge on any atom is -0.480 e. The first kappa shape index (κ1) is 22.5. The number of nitrogen functional groups attached to an aromatic ring is 1. The molecule has 3 rings (SSSR count). The average molecular weight is 390 g/mol. The van der Waals surface area contributed by atoms with Gasteiger partial charge in [-0.25, -0.2) is 0 Å². The van der Waals surface area contributed by atoms with Crippen molar-refractivity contribution in [3.63, 3.8) is 0 Å². The summed E-state index contributed by atoms with van der Waals surface area (Å²) in [4.78, 5) is 14.6. The number of nitrogens with zero attached hydrogens (tertiary/aromatic N) is 1. The third kappa shape index (κ3) is 5.40. The Balaban J connectivity index is 0.000000620. The summed E-state index contributed by atoms with van der Waals surface area (Å²) < 4.78 is 6.10. The molecule has 2 fully saturated rings. The van der Waals surface area contributed by atoms with Crippen LogP contribution in [0.15, 0.2) is 0 Å². The number of piperidine rings is 1. The molecule has 28 heavy (non-hydrogen) atoms. The van der Waals surface area contributed by atoms with Gasteiger partial charge >= 0.3 is 0 Å². The second-order valence-corrected chi connectivity index (χ2v) is 8.62. The minimum absolute atomic E-state index is 0.0350. The monoisotopic (exact) mass is 389 g/mol. The van der Waals surface area contributed by atoms with Crippen LogP contribution in [0.3, 0.4) is 0 Å². The van der Waals surface area contributed by atoms with E-state index in [0.29, 0.717) is 6.04 Å². The first-order chi connectivity index (χ1) is 13.1. The van der Waals surface area contributed by atoms with Crippen LogP contribution in [-0.4, -0.2) is 43.1 Å². The molecule has 0 bridgehead atoms. The smallest absolute Gasteiger partial charge is 0.263 e. The van der Waals surface area contributed by atoms with Gasteiger partial charge in [-0.2, -0.15) is 0 Å². The number of carbonyl (C=O) groups is 1. The lowest BCUT2D eigenvalue weighted by atomic mass is 9.97. The lowest BCUT2D eigenvalue weighted by Crippen LogP contribution is -2.48. The van der Waals surface area contributed by atoms with Crippen molar-refractivity contribution in [1.29, 1.82) is 0 Å². The van der Waals surface area contributed by atoms with Gasteiger partial charge in [0.25, 0.3) is 5.91 Å². The maximum atomic E-state index is 12.8. The molecule has 5 heteroatoms. The molecule has 3 N–H and O–H groups in total. The van der Waals surface area contributed by atoms with Crippen LogP contribution in [0, 0.1) is 33.6 Å². The number of anilines is 1. The van der Waals surface area contributed by atoms with Crippen LogP contribution in [0.2, 0.25) is 0 Å². The lowest BCUT2D eigenvalue weighted by Gasteiger charge is -2.33. The Bertz CT molecular complexity index is 663. The summed E-state index contributed by atoms with van der Waals surface area (Å²) in [5, 5.41) is 3.33. The number of hydrogen-bond acceptors (Lipinski definition) is 4. The fourth-order valence-electron chi connectivity index (χ4n) is 3.54. The van der Waals surface area contributed by atoms with E-state index < -0.39 is 6.10 Å². The molecule has 0 aromatic heterocycles. The van der Waals surface area contributed by atoms with Gasteiger partial charge in [0.15, 0.2) is 6.10 Å². The van der Waals surface area contributed by atoms with Gasteiger partial charge in [-0.1, -0.05) is 19.8 Å². The number of likely N-dealkylation sites (N-methyl/N-ethyl adjacent to an activating group) is 1. The van der Waals surface area contributed by atoms with E-state index in [1.165, 1.54) is 12.8 Å². The number of amides is 1. The number of ether oxygens (including phenoxy) is 1. The van der Waals surface area contributed by atoms with E-state index in [-0.39, 0.29) is 5.91 Å². The highest BCUT2D eigenvalue weighted by molar-refractivity contribution is 5.81. The molecule has 1 saturated heterocycles. The second-order valence-electron chi connectivity index (χ2n) is 8.62. The summed E-state index contributed by atoms with van der Waals surface area (Å²) in [5.41, 5.74) is 11.0. The summed E-state index contributed by atoms with van der Waals surface area (Å²) in [6, 6.07) is 0.293. The Morgan fingerprint density at radius 1 is 1.04 bits per heavy atom. The van der Waals surface area contributed by atoms with E-state index in [1.54, 1.807) is 0 Å². The standard InChI is InChI=1S/C19H31N3O2.C4H8/c1-11-13(3)18(14(4)12(2)17(11)20)24-15(5)19(23)22(6)16-7-9-21-10-8-16;1-4-2-3-4/h15-16,21H,7-10,20H2,1-6H3;4H,2-3H2,1H3. The molecular formula is C23H39N3O2. The van der Waals surface area contributed by atoms with Crippen LogP contribution in [-0.2, 0) is 4.79 Å². The molecule has 1 atom stereocenters. The molecule has 1 unspecified atom stereocenters. The maximum Gasteiger partial charge on any atom is 0.263 e.